The predicted octanol–water partition coefficient (Wildman–Crippen LogP) is 5.35. The van der Waals surface area contributed by atoms with Gasteiger partial charge in [0.05, 0.1) is 18.1 Å². The third-order valence-electron chi connectivity index (χ3n) is 8.36. The number of hydrogen-bond donors (Lipinski definition) is 2. The fourth-order valence-corrected chi connectivity index (χ4v) is 6.37. The number of nitrogens with zero attached hydrogens (tertiary/aromatic N) is 6. The number of pyridine rings is 2. The summed E-state index contributed by atoms with van der Waals surface area (Å²) in [5.41, 5.74) is 10.2. The molecule has 3 N–H and O–H groups in total. The van der Waals surface area contributed by atoms with Crippen LogP contribution in [0.25, 0.3) is 22.3 Å². The van der Waals surface area contributed by atoms with Crippen LogP contribution in [-0.2, 0) is 4.79 Å². The maximum atomic E-state index is 13.9. The van der Waals surface area contributed by atoms with Gasteiger partial charge in [-0.3, -0.25) is 23.9 Å². The van der Waals surface area contributed by atoms with Crippen LogP contribution in [0.2, 0.25) is 0 Å². The lowest BCUT2D eigenvalue weighted by Gasteiger charge is -2.33. The standard InChI is InChI=1S/C33H32BrFN8O3/c1-18(2)32(45)41-10-8-21(9-11-41)28-14-25(29-30(36)38-17-39-43(28)29)20-4-6-23(7-5-20)40-31(44)26-13-27(34)19(3)42(33(26)46)24-12-22(35)15-37-16-24/h4-7,12-18,21H,8-11H2,1-3H3,(H,40,44)(H2,36,38,39). The molecule has 0 radical (unpaired) electrons. The first kappa shape index (κ1) is 31.1. The monoisotopic (exact) mass is 686 g/mol. The minimum Gasteiger partial charge on any atom is -0.382 e. The highest BCUT2D eigenvalue weighted by Crippen LogP contribution is 2.37. The number of rotatable bonds is 6. The highest BCUT2D eigenvalue weighted by Gasteiger charge is 2.28. The van der Waals surface area contributed by atoms with Gasteiger partial charge >= 0.3 is 0 Å². The van der Waals surface area contributed by atoms with E-state index in [0.29, 0.717) is 40.3 Å². The summed E-state index contributed by atoms with van der Waals surface area (Å²) in [6, 6.07) is 11.9. The lowest BCUT2D eigenvalue weighted by atomic mass is 9.92. The molecule has 0 saturated carbocycles. The van der Waals surface area contributed by atoms with Gasteiger partial charge in [0.2, 0.25) is 5.91 Å². The van der Waals surface area contributed by atoms with Crippen molar-refractivity contribution in [1.29, 1.82) is 0 Å². The zero-order valence-electron chi connectivity index (χ0n) is 25.5. The van der Waals surface area contributed by atoms with Crippen LogP contribution in [0.15, 0.2) is 70.5 Å². The Kier molecular flexibility index (Phi) is 8.43. The summed E-state index contributed by atoms with van der Waals surface area (Å²) in [5, 5.41) is 7.31. The number of anilines is 2. The number of carbonyl (C=O) groups excluding carboxylic acids is 2. The molecule has 1 aliphatic rings. The molecule has 4 aromatic heterocycles. The van der Waals surface area contributed by atoms with Crippen LogP contribution in [0.5, 0.6) is 0 Å². The first-order valence-corrected chi connectivity index (χ1v) is 15.7. The van der Waals surface area contributed by atoms with E-state index in [9.17, 15) is 18.8 Å². The van der Waals surface area contributed by atoms with Crippen LogP contribution in [-0.4, -0.2) is 54.0 Å². The van der Waals surface area contributed by atoms with Crippen molar-refractivity contribution >= 4 is 44.8 Å². The van der Waals surface area contributed by atoms with Gasteiger partial charge in [-0.15, -0.1) is 0 Å². The van der Waals surface area contributed by atoms with E-state index in [-0.39, 0.29) is 29.0 Å². The first-order chi connectivity index (χ1) is 22.0. The summed E-state index contributed by atoms with van der Waals surface area (Å²) >= 11 is 3.41. The van der Waals surface area contributed by atoms with Crippen molar-refractivity contribution in [2.75, 3.05) is 24.1 Å². The van der Waals surface area contributed by atoms with Crippen molar-refractivity contribution < 1.29 is 14.0 Å². The van der Waals surface area contributed by atoms with Gasteiger partial charge in [0.1, 0.15) is 23.2 Å². The Morgan fingerprint density at radius 3 is 2.48 bits per heavy atom. The van der Waals surface area contributed by atoms with Crippen molar-refractivity contribution in [3.05, 3.63) is 98.8 Å². The van der Waals surface area contributed by atoms with Gasteiger partial charge in [-0.05, 0) is 65.5 Å². The minimum atomic E-state index is -0.617. The maximum absolute atomic E-state index is 13.9. The number of nitrogens with two attached hydrogens (primary N) is 1. The Morgan fingerprint density at radius 2 is 1.80 bits per heavy atom. The van der Waals surface area contributed by atoms with E-state index in [4.69, 9.17) is 5.73 Å². The van der Waals surface area contributed by atoms with Crippen LogP contribution in [0.3, 0.4) is 0 Å². The molecule has 0 unspecified atom stereocenters. The van der Waals surface area contributed by atoms with E-state index in [2.05, 4.69) is 42.4 Å². The van der Waals surface area contributed by atoms with Crippen molar-refractivity contribution in [2.45, 2.75) is 39.5 Å². The van der Waals surface area contributed by atoms with E-state index in [1.54, 1.807) is 19.1 Å². The van der Waals surface area contributed by atoms with Gasteiger partial charge in [0, 0.05) is 58.1 Å². The predicted molar refractivity (Wildman–Crippen MR) is 176 cm³/mol. The molecule has 236 valence electrons. The quantitative estimate of drug-likeness (QED) is 0.245. The lowest BCUT2D eigenvalue weighted by molar-refractivity contribution is -0.135. The van der Waals surface area contributed by atoms with E-state index < -0.39 is 17.3 Å². The van der Waals surface area contributed by atoms with Gasteiger partial charge in [-0.1, -0.05) is 26.0 Å². The van der Waals surface area contributed by atoms with Gasteiger partial charge in [0.15, 0.2) is 5.82 Å². The topological polar surface area (TPSA) is 141 Å². The third kappa shape index (κ3) is 5.78. The van der Waals surface area contributed by atoms with Crippen LogP contribution in [0, 0.1) is 18.7 Å². The second-order valence-corrected chi connectivity index (χ2v) is 12.5. The maximum Gasteiger partial charge on any atom is 0.268 e. The molecule has 1 fully saturated rings. The average molecular weight is 688 g/mol. The van der Waals surface area contributed by atoms with Crippen LogP contribution >= 0.6 is 15.9 Å². The molecule has 1 saturated heterocycles. The molecule has 46 heavy (non-hydrogen) atoms. The summed E-state index contributed by atoms with van der Waals surface area (Å²) in [7, 11) is 0. The highest BCUT2D eigenvalue weighted by molar-refractivity contribution is 9.10. The number of benzene rings is 1. The number of amides is 2. The van der Waals surface area contributed by atoms with Gasteiger partial charge < -0.3 is 16.0 Å². The summed E-state index contributed by atoms with van der Waals surface area (Å²) in [6.07, 6.45) is 5.46. The fourth-order valence-electron chi connectivity index (χ4n) is 5.96. The van der Waals surface area contributed by atoms with E-state index >= 15 is 0 Å². The van der Waals surface area contributed by atoms with Crippen molar-refractivity contribution in [1.82, 2.24) is 29.0 Å². The van der Waals surface area contributed by atoms with Crippen molar-refractivity contribution in [3.8, 4) is 16.8 Å². The molecule has 5 aromatic rings. The zero-order chi connectivity index (χ0) is 32.7. The van der Waals surface area contributed by atoms with Crippen molar-refractivity contribution in [2.24, 2.45) is 5.92 Å². The fraction of sp³-hybridized carbons (Fsp3) is 0.273. The van der Waals surface area contributed by atoms with Crippen molar-refractivity contribution in [3.63, 3.8) is 0 Å². The Bertz CT molecular complexity index is 2030. The molecule has 11 nitrogen and oxygen atoms in total. The largest absolute Gasteiger partial charge is 0.382 e. The second-order valence-electron chi connectivity index (χ2n) is 11.7. The van der Waals surface area contributed by atoms with Gasteiger partial charge in [0.25, 0.3) is 11.5 Å². The van der Waals surface area contributed by atoms with E-state index in [0.717, 1.165) is 35.9 Å². The molecule has 6 rings (SSSR count). The molecule has 0 bridgehead atoms. The normalized spacial score (nSPS) is 13.8. The molecule has 1 aromatic carbocycles. The van der Waals surface area contributed by atoms with Gasteiger partial charge in [-0.2, -0.15) is 5.10 Å². The third-order valence-corrected chi connectivity index (χ3v) is 9.16. The molecular formula is C33H32BrFN8O3. The van der Waals surface area contributed by atoms with E-state index in [1.165, 1.54) is 29.2 Å². The Labute approximate surface area is 272 Å². The average Bonchev–Trinajstić information content (AvgIpc) is 3.44. The van der Waals surface area contributed by atoms with Gasteiger partial charge in [-0.25, -0.2) is 13.9 Å². The molecule has 2 amide bonds. The highest BCUT2D eigenvalue weighted by atomic mass is 79.9. The number of carbonyl (C=O) groups is 2. The molecule has 5 heterocycles. The first-order valence-electron chi connectivity index (χ1n) is 14.9. The lowest BCUT2D eigenvalue weighted by Crippen LogP contribution is -2.40. The smallest absolute Gasteiger partial charge is 0.268 e. The molecule has 1 aliphatic heterocycles. The number of halogens is 2. The summed E-state index contributed by atoms with van der Waals surface area (Å²) in [4.78, 5) is 49.2. The van der Waals surface area contributed by atoms with Crippen LogP contribution < -0.4 is 16.6 Å². The number of likely N-dealkylation sites (tertiary alicyclic amines) is 1. The summed E-state index contributed by atoms with van der Waals surface area (Å²) in [6.45, 7) is 6.88. The Balaban J connectivity index is 1.27. The van der Waals surface area contributed by atoms with Crippen LogP contribution in [0.1, 0.15) is 54.4 Å². The Hall–Kier alpha value is -4.91. The zero-order valence-corrected chi connectivity index (χ0v) is 27.1. The molecule has 0 atom stereocenters. The number of hydrogen-bond acceptors (Lipinski definition) is 7. The molecule has 0 spiro atoms. The Morgan fingerprint density at radius 1 is 1.09 bits per heavy atom. The molecular weight excluding hydrogens is 655 g/mol. The number of fused-ring (bicyclic) bond motifs is 1. The summed E-state index contributed by atoms with van der Waals surface area (Å²) in [5.74, 6) is -0.555. The molecule has 13 heteroatoms. The number of nitrogen functional groups attached to an aromatic ring is 1. The molecule has 0 aliphatic carbocycles. The SMILES string of the molecule is Cc1c(Br)cc(C(=O)Nc2ccc(-c3cc(C4CCN(C(=O)C(C)C)CC4)n4ncnc(N)c34)cc2)c(=O)n1-c1cncc(F)c1. The summed E-state index contributed by atoms with van der Waals surface area (Å²) < 4.78 is 17.5. The number of aromatic nitrogens is 5. The number of nitrogens with one attached hydrogen (secondary N) is 1. The minimum absolute atomic E-state index is 0.0344. The second kappa shape index (κ2) is 12.5. The van der Waals surface area contributed by atoms with Crippen LogP contribution in [0.4, 0.5) is 15.9 Å². The van der Waals surface area contributed by atoms with E-state index in [1.807, 2.05) is 35.4 Å². The number of piperidine rings is 1.